The molecule has 0 saturated carbocycles. The van der Waals surface area contributed by atoms with Crippen LogP contribution in [-0.2, 0) is 35.3 Å². The molecule has 5 aromatic rings. The van der Waals surface area contributed by atoms with E-state index in [1.807, 2.05) is 48.5 Å². The lowest BCUT2D eigenvalue weighted by Crippen LogP contribution is -2.29. The Kier molecular flexibility index (Phi) is 8.82. The van der Waals surface area contributed by atoms with E-state index in [2.05, 4.69) is 15.5 Å². The number of aryl methyl sites for hydroxylation is 1. The third-order valence-corrected chi connectivity index (χ3v) is 7.98. The first kappa shape index (κ1) is 27.5. The summed E-state index contributed by atoms with van der Waals surface area (Å²) in [5.41, 5.74) is 3.13. The van der Waals surface area contributed by atoms with Gasteiger partial charge in [0.15, 0.2) is 5.17 Å². The minimum Gasteiger partial charge on any atom is -0.464 e. The van der Waals surface area contributed by atoms with E-state index < -0.39 is 0 Å². The maximum Gasteiger partial charge on any atom is 0.230 e. The highest BCUT2D eigenvalue weighted by atomic mass is 32.2. The highest BCUT2D eigenvalue weighted by molar-refractivity contribution is 8.26. The molecule has 40 heavy (non-hydrogen) atoms. The Balaban J connectivity index is 0.985. The Hall–Kier alpha value is -4.09. The molecule has 5 rings (SSSR count). The number of thioether (sulfide) groups is 1. The van der Waals surface area contributed by atoms with Crippen molar-refractivity contribution < 1.29 is 18.4 Å². The predicted octanol–water partition coefficient (Wildman–Crippen LogP) is 6.10. The lowest BCUT2D eigenvalue weighted by Gasteiger charge is -2.07. The van der Waals surface area contributed by atoms with Gasteiger partial charge in [0.05, 0.1) is 30.4 Å². The number of furan rings is 2. The van der Waals surface area contributed by atoms with Gasteiger partial charge >= 0.3 is 0 Å². The molecule has 3 heterocycles. The van der Waals surface area contributed by atoms with E-state index in [-0.39, 0.29) is 29.7 Å². The van der Waals surface area contributed by atoms with Crippen LogP contribution in [0.15, 0.2) is 69.9 Å². The molecule has 2 aromatic carbocycles. The molecule has 0 bridgehead atoms. The third kappa shape index (κ3) is 7.10. The third-order valence-electron chi connectivity index (χ3n) is 6.24. The van der Waals surface area contributed by atoms with E-state index in [0.29, 0.717) is 34.9 Å². The first-order chi connectivity index (χ1) is 19.4. The number of Topliss-reactive ketones (excluding diaryl/α,β-unsaturated/α-hetero) is 1. The van der Waals surface area contributed by atoms with Crippen LogP contribution in [-0.4, -0.2) is 32.1 Å². The Morgan fingerprint density at radius 1 is 0.825 bits per heavy atom. The van der Waals surface area contributed by atoms with Gasteiger partial charge in [-0.2, -0.15) is 0 Å². The van der Waals surface area contributed by atoms with Crippen molar-refractivity contribution >= 4 is 66.9 Å². The molecule has 204 valence electrons. The number of ketones is 1. The number of amidine groups is 1. The summed E-state index contributed by atoms with van der Waals surface area (Å²) in [5.74, 6) is -0.257. The van der Waals surface area contributed by atoms with Gasteiger partial charge in [0.1, 0.15) is 27.0 Å². The number of unbranched alkanes of at least 4 members (excludes halogenated alkanes) is 1. The van der Waals surface area contributed by atoms with Crippen LogP contribution in [0.25, 0.3) is 21.9 Å². The molecule has 3 aromatic heterocycles. The molecule has 0 spiro atoms. The summed E-state index contributed by atoms with van der Waals surface area (Å²) in [6.45, 7) is 0. The second-order valence-corrected chi connectivity index (χ2v) is 11.5. The molecule has 9 nitrogen and oxygen atoms in total. The van der Waals surface area contributed by atoms with Gasteiger partial charge in [-0.25, -0.2) is 0 Å². The first-order valence-electron chi connectivity index (χ1n) is 12.8. The minimum absolute atomic E-state index is 0.0624. The molecular formula is C29H27N5O4S2. The van der Waals surface area contributed by atoms with E-state index >= 15 is 0 Å². The van der Waals surface area contributed by atoms with Crippen LogP contribution < -0.4 is 5.32 Å². The monoisotopic (exact) mass is 573 g/mol. The van der Waals surface area contributed by atoms with Crippen LogP contribution in [0.4, 0.5) is 0 Å². The quantitative estimate of drug-likeness (QED) is 0.0983. The van der Waals surface area contributed by atoms with Crippen LogP contribution in [0.3, 0.4) is 0 Å². The summed E-state index contributed by atoms with van der Waals surface area (Å²) >= 11 is 2.39. The molecule has 0 saturated heterocycles. The van der Waals surface area contributed by atoms with Gasteiger partial charge in [-0.05, 0) is 43.2 Å². The van der Waals surface area contributed by atoms with Crippen molar-refractivity contribution in [3.8, 4) is 0 Å². The second-order valence-electron chi connectivity index (χ2n) is 9.28. The number of fused-ring (bicyclic) bond motifs is 2. The SMILES string of the molecule is N=C(CCCCc1nnc(CC(=O)Cc2coc3ccccc23)s1)SC(=N)NC(=O)Cc1coc2ccccc12. The van der Waals surface area contributed by atoms with Gasteiger partial charge in [-0.1, -0.05) is 36.4 Å². The Bertz CT molecular complexity index is 1690. The summed E-state index contributed by atoms with van der Waals surface area (Å²) in [4.78, 5) is 24.9. The number of hydrogen-bond donors (Lipinski definition) is 3. The number of carbonyl (C=O) groups excluding carboxylic acids is 2. The van der Waals surface area contributed by atoms with Gasteiger partial charge < -0.3 is 14.2 Å². The van der Waals surface area contributed by atoms with Crippen LogP contribution in [0, 0.1) is 10.8 Å². The van der Waals surface area contributed by atoms with E-state index in [9.17, 15) is 9.59 Å². The van der Waals surface area contributed by atoms with Crippen molar-refractivity contribution in [3.05, 3.63) is 82.2 Å². The molecule has 0 aliphatic carbocycles. The highest BCUT2D eigenvalue weighted by Gasteiger charge is 2.15. The molecule has 0 unspecified atom stereocenters. The topological polar surface area (TPSA) is 146 Å². The summed E-state index contributed by atoms with van der Waals surface area (Å²) in [5, 5.41) is 30.8. The summed E-state index contributed by atoms with van der Waals surface area (Å²) in [6, 6.07) is 15.1. The lowest BCUT2D eigenvalue weighted by molar-refractivity contribution is -0.119. The zero-order valence-corrected chi connectivity index (χ0v) is 23.2. The fourth-order valence-corrected chi connectivity index (χ4v) is 5.92. The number of hydrogen-bond acceptors (Lipinski definition) is 10. The van der Waals surface area contributed by atoms with E-state index in [0.717, 1.165) is 57.1 Å². The molecule has 11 heteroatoms. The molecule has 3 N–H and O–H groups in total. The van der Waals surface area contributed by atoms with E-state index in [1.165, 1.54) is 11.3 Å². The van der Waals surface area contributed by atoms with Gasteiger partial charge in [0, 0.05) is 34.7 Å². The fourth-order valence-electron chi connectivity index (χ4n) is 4.35. The van der Waals surface area contributed by atoms with Gasteiger partial charge in [-0.3, -0.25) is 20.4 Å². The summed E-state index contributed by atoms with van der Waals surface area (Å²) < 4.78 is 11.0. The van der Waals surface area contributed by atoms with Crippen molar-refractivity contribution in [2.75, 3.05) is 0 Å². The summed E-state index contributed by atoms with van der Waals surface area (Å²) in [7, 11) is 0. The number of carbonyl (C=O) groups is 2. The van der Waals surface area contributed by atoms with Crippen molar-refractivity contribution in [2.45, 2.75) is 44.9 Å². The van der Waals surface area contributed by atoms with Crippen molar-refractivity contribution in [2.24, 2.45) is 0 Å². The number of rotatable bonds is 11. The zero-order valence-electron chi connectivity index (χ0n) is 21.6. The maximum atomic E-state index is 12.6. The summed E-state index contributed by atoms with van der Waals surface area (Å²) in [6.07, 6.45) is 6.59. The highest BCUT2D eigenvalue weighted by Crippen LogP contribution is 2.23. The molecule has 0 fully saturated rings. The average molecular weight is 574 g/mol. The van der Waals surface area contributed by atoms with E-state index in [1.54, 1.807) is 12.5 Å². The second kappa shape index (κ2) is 12.8. The van der Waals surface area contributed by atoms with Crippen LogP contribution in [0.2, 0.25) is 0 Å². The van der Waals surface area contributed by atoms with Crippen LogP contribution >= 0.6 is 23.1 Å². The first-order valence-corrected chi connectivity index (χ1v) is 14.4. The number of benzene rings is 2. The van der Waals surface area contributed by atoms with Crippen molar-refractivity contribution in [1.29, 1.82) is 10.8 Å². The smallest absolute Gasteiger partial charge is 0.230 e. The van der Waals surface area contributed by atoms with Gasteiger partial charge in [0.25, 0.3) is 0 Å². The van der Waals surface area contributed by atoms with Crippen LogP contribution in [0.5, 0.6) is 0 Å². The van der Waals surface area contributed by atoms with Gasteiger partial charge in [0.2, 0.25) is 5.91 Å². The Morgan fingerprint density at radius 3 is 2.15 bits per heavy atom. The fraction of sp³-hybridized carbons (Fsp3) is 0.241. The standard InChI is InChI=1S/C29H27N5O4S2/c30-25(39-29(31)32-26(36)14-19-17-38-24-10-4-2-8-22(19)24)11-5-6-12-27-33-34-28(40-27)15-20(35)13-18-16-37-23-9-3-1-7-21(18)23/h1-4,7-10,16-17,30H,5-6,11-15H2,(H2,31,32,36). The molecule has 0 radical (unpaired) electrons. The average Bonchev–Trinajstić information content (AvgIpc) is 3.66. The number of aromatic nitrogens is 2. The normalized spacial score (nSPS) is 11.2. The minimum atomic E-state index is -0.319. The van der Waals surface area contributed by atoms with Crippen LogP contribution in [0.1, 0.15) is 40.4 Å². The number of nitrogens with zero attached hydrogens (tertiary/aromatic N) is 2. The van der Waals surface area contributed by atoms with Gasteiger partial charge in [-0.15, -0.1) is 21.5 Å². The molecule has 0 atom stereocenters. The molecular weight excluding hydrogens is 546 g/mol. The number of para-hydroxylation sites is 2. The molecule has 0 aliphatic heterocycles. The Morgan fingerprint density at radius 2 is 1.45 bits per heavy atom. The van der Waals surface area contributed by atoms with E-state index in [4.69, 9.17) is 19.7 Å². The Labute approximate surface area is 238 Å². The largest absolute Gasteiger partial charge is 0.464 e. The number of nitrogens with one attached hydrogen (secondary N) is 3. The zero-order chi connectivity index (χ0) is 27.9. The maximum absolute atomic E-state index is 12.6. The van der Waals surface area contributed by atoms with Crippen molar-refractivity contribution in [1.82, 2.24) is 15.5 Å². The molecule has 1 amide bonds. The predicted molar refractivity (Wildman–Crippen MR) is 157 cm³/mol. The molecule has 0 aliphatic rings. The lowest BCUT2D eigenvalue weighted by atomic mass is 10.1. The number of amides is 1. The van der Waals surface area contributed by atoms with Crippen molar-refractivity contribution in [3.63, 3.8) is 0 Å².